The van der Waals surface area contributed by atoms with E-state index < -0.39 is 0 Å². The first-order valence-electron chi connectivity index (χ1n) is 4.33. The third-order valence-corrected chi connectivity index (χ3v) is 1.90. The van der Waals surface area contributed by atoms with E-state index in [1.165, 1.54) is 0 Å². The van der Waals surface area contributed by atoms with Crippen LogP contribution in [0.3, 0.4) is 0 Å². The lowest BCUT2D eigenvalue weighted by Crippen LogP contribution is -2.14. The molecular weight excluding hydrogens is 176 g/mol. The summed E-state index contributed by atoms with van der Waals surface area (Å²) < 4.78 is 1.93. The van der Waals surface area contributed by atoms with Crippen molar-refractivity contribution in [2.24, 2.45) is 0 Å². The van der Waals surface area contributed by atoms with E-state index in [1.807, 2.05) is 16.7 Å². The third kappa shape index (κ3) is 1.58. The molecule has 0 aromatic carbocycles. The lowest BCUT2D eigenvalue weighted by molar-refractivity contribution is 0.741. The Labute approximate surface area is 82.0 Å². The predicted molar refractivity (Wildman–Crippen MR) is 53.5 cm³/mol. The summed E-state index contributed by atoms with van der Waals surface area (Å²) >= 11 is 0. The summed E-state index contributed by atoms with van der Waals surface area (Å²) in [6, 6.07) is 1.87. The number of nitrogens with zero attached hydrogens (tertiary/aromatic N) is 3. The molecule has 14 heavy (non-hydrogen) atoms. The van der Waals surface area contributed by atoms with Gasteiger partial charge in [-0.15, -0.1) is 6.42 Å². The fourth-order valence-corrected chi connectivity index (χ4v) is 1.27. The lowest BCUT2D eigenvalue weighted by Gasteiger charge is -2.00. The fourth-order valence-electron chi connectivity index (χ4n) is 1.27. The molecule has 0 unspecified atom stereocenters. The van der Waals surface area contributed by atoms with Crippen LogP contribution in [-0.2, 0) is 6.54 Å². The highest BCUT2D eigenvalue weighted by Crippen LogP contribution is 2.02. The van der Waals surface area contributed by atoms with Crippen LogP contribution in [0.15, 0.2) is 24.7 Å². The van der Waals surface area contributed by atoms with Gasteiger partial charge in [0.15, 0.2) is 0 Å². The van der Waals surface area contributed by atoms with Gasteiger partial charge in [0.05, 0.1) is 18.4 Å². The highest BCUT2D eigenvalue weighted by molar-refractivity contribution is 5.30. The van der Waals surface area contributed by atoms with Crippen molar-refractivity contribution >= 4 is 5.78 Å². The third-order valence-electron chi connectivity index (χ3n) is 1.90. The molecule has 0 fully saturated rings. The summed E-state index contributed by atoms with van der Waals surface area (Å²) in [6.45, 7) is 1.27. The quantitative estimate of drug-likeness (QED) is 0.559. The largest absolute Gasteiger partial charge is 0.301 e. The normalized spacial score (nSPS) is 10.2. The first-order chi connectivity index (χ1) is 6.92. The van der Waals surface area contributed by atoms with Crippen LogP contribution in [0.2, 0.25) is 0 Å². The summed E-state index contributed by atoms with van der Waals surface area (Å²) in [5.74, 6) is 3.23. The molecule has 0 bridgehead atoms. The molecule has 2 rings (SSSR count). The molecule has 0 spiro atoms. The van der Waals surface area contributed by atoms with E-state index in [2.05, 4.69) is 21.2 Å². The minimum Gasteiger partial charge on any atom is -0.301 e. The maximum atomic E-state index is 5.13. The molecule has 0 aliphatic heterocycles. The summed E-state index contributed by atoms with van der Waals surface area (Å²) in [5.41, 5.74) is 1.06. The summed E-state index contributed by atoms with van der Waals surface area (Å²) in [4.78, 5) is 8.27. The van der Waals surface area contributed by atoms with Gasteiger partial charge >= 0.3 is 0 Å². The van der Waals surface area contributed by atoms with Gasteiger partial charge in [-0.25, -0.2) is 9.97 Å². The van der Waals surface area contributed by atoms with E-state index in [0.29, 0.717) is 18.9 Å². The van der Waals surface area contributed by atoms with Gasteiger partial charge in [0.1, 0.15) is 0 Å². The zero-order chi connectivity index (χ0) is 9.80. The van der Waals surface area contributed by atoms with Gasteiger partial charge in [0.25, 0.3) is 0 Å². The highest BCUT2D eigenvalue weighted by Gasteiger charge is 2.01. The summed E-state index contributed by atoms with van der Waals surface area (Å²) in [6.07, 6.45) is 10.6. The Morgan fingerprint density at radius 3 is 3.29 bits per heavy atom. The Morgan fingerprint density at radius 2 is 2.43 bits per heavy atom. The minimum atomic E-state index is 0.563. The molecule has 4 heteroatoms. The zero-order valence-electron chi connectivity index (χ0n) is 7.64. The molecule has 0 saturated carbocycles. The van der Waals surface area contributed by atoms with E-state index in [4.69, 9.17) is 6.42 Å². The second-order valence-corrected chi connectivity index (χ2v) is 2.85. The Morgan fingerprint density at radius 1 is 1.50 bits per heavy atom. The maximum absolute atomic E-state index is 5.13. The van der Waals surface area contributed by atoms with Crippen LogP contribution in [0, 0.1) is 12.3 Å². The molecule has 0 radical (unpaired) electrons. The Hall–Kier alpha value is -1.86. The Balaban J connectivity index is 2.22. The number of imidazole rings is 1. The standard InChI is InChI=1S/C10H10N4/c1-2-4-11-7-9-8-13-10-12-5-3-6-14(9)10/h1,3,5-6,8,11H,4,7H2. The van der Waals surface area contributed by atoms with E-state index >= 15 is 0 Å². The number of fused-ring (bicyclic) bond motifs is 1. The van der Waals surface area contributed by atoms with Gasteiger partial charge in [0.2, 0.25) is 5.78 Å². The molecule has 2 aromatic heterocycles. The fraction of sp³-hybridized carbons (Fsp3) is 0.200. The van der Waals surface area contributed by atoms with E-state index in [-0.39, 0.29) is 0 Å². The molecule has 2 aromatic rings. The molecule has 0 amide bonds. The van der Waals surface area contributed by atoms with Gasteiger partial charge < -0.3 is 5.32 Å². The molecule has 0 aliphatic carbocycles. The monoisotopic (exact) mass is 186 g/mol. The van der Waals surface area contributed by atoms with Crippen LogP contribution in [0.1, 0.15) is 5.69 Å². The molecule has 4 nitrogen and oxygen atoms in total. The highest BCUT2D eigenvalue weighted by atomic mass is 15.1. The minimum absolute atomic E-state index is 0.563. The van der Waals surface area contributed by atoms with Gasteiger partial charge in [-0.05, 0) is 6.07 Å². The van der Waals surface area contributed by atoms with Crippen LogP contribution in [0.4, 0.5) is 0 Å². The molecule has 70 valence electrons. The van der Waals surface area contributed by atoms with Crippen LogP contribution < -0.4 is 5.32 Å². The van der Waals surface area contributed by atoms with Crippen LogP contribution in [0.5, 0.6) is 0 Å². The Bertz CT molecular complexity index is 466. The summed E-state index contributed by atoms with van der Waals surface area (Å²) in [7, 11) is 0. The maximum Gasteiger partial charge on any atom is 0.233 e. The number of aromatic nitrogens is 3. The average Bonchev–Trinajstić information content (AvgIpc) is 2.63. The van der Waals surface area contributed by atoms with Gasteiger partial charge in [0, 0.05) is 18.9 Å². The number of hydrogen-bond acceptors (Lipinski definition) is 3. The van der Waals surface area contributed by atoms with Crippen molar-refractivity contribution < 1.29 is 0 Å². The smallest absolute Gasteiger partial charge is 0.233 e. The van der Waals surface area contributed by atoms with Crippen molar-refractivity contribution in [2.75, 3.05) is 6.54 Å². The first-order valence-corrected chi connectivity index (χ1v) is 4.33. The van der Waals surface area contributed by atoms with Crippen molar-refractivity contribution in [2.45, 2.75) is 6.54 Å². The number of rotatable bonds is 3. The molecule has 0 aliphatic rings. The van der Waals surface area contributed by atoms with Crippen LogP contribution in [0.25, 0.3) is 5.78 Å². The topological polar surface area (TPSA) is 42.2 Å². The summed E-state index contributed by atoms with van der Waals surface area (Å²) in [5, 5.41) is 3.10. The molecular formula is C10H10N4. The zero-order valence-corrected chi connectivity index (χ0v) is 7.64. The molecule has 0 atom stereocenters. The van der Waals surface area contributed by atoms with Crippen LogP contribution >= 0.6 is 0 Å². The van der Waals surface area contributed by atoms with Crippen LogP contribution in [-0.4, -0.2) is 20.9 Å². The lowest BCUT2D eigenvalue weighted by atomic mass is 10.4. The first kappa shape index (κ1) is 8.73. The predicted octanol–water partition coefficient (Wildman–Crippen LogP) is 0.452. The second kappa shape index (κ2) is 3.90. The van der Waals surface area contributed by atoms with Gasteiger partial charge in [-0.2, -0.15) is 0 Å². The van der Waals surface area contributed by atoms with Crippen molar-refractivity contribution in [1.82, 2.24) is 19.7 Å². The van der Waals surface area contributed by atoms with Crippen molar-refractivity contribution in [3.05, 3.63) is 30.4 Å². The van der Waals surface area contributed by atoms with E-state index in [9.17, 15) is 0 Å². The molecule has 0 saturated heterocycles. The average molecular weight is 186 g/mol. The van der Waals surface area contributed by atoms with Crippen molar-refractivity contribution in [1.29, 1.82) is 0 Å². The van der Waals surface area contributed by atoms with Crippen molar-refractivity contribution in [3.63, 3.8) is 0 Å². The van der Waals surface area contributed by atoms with Crippen molar-refractivity contribution in [3.8, 4) is 12.3 Å². The van der Waals surface area contributed by atoms with Gasteiger partial charge in [-0.3, -0.25) is 4.40 Å². The Kier molecular flexibility index (Phi) is 2.43. The SMILES string of the molecule is C#CCNCc1cnc2ncccn12. The van der Waals surface area contributed by atoms with E-state index in [0.717, 1.165) is 5.69 Å². The van der Waals surface area contributed by atoms with E-state index in [1.54, 1.807) is 12.4 Å². The number of hydrogen-bond donors (Lipinski definition) is 1. The second-order valence-electron chi connectivity index (χ2n) is 2.85. The number of nitrogens with one attached hydrogen (secondary N) is 1. The van der Waals surface area contributed by atoms with Gasteiger partial charge in [-0.1, -0.05) is 5.92 Å². The molecule has 2 heterocycles. The number of terminal acetylenes is 1. The molecule has 1 N–H and O–H groups in total.